The molecule has 0 amide bonds. The summed E-state index contributed by atoms with van der Waals surface area (Å²) in [4.78, 5) is 0. The van der Waals surface area contributed by atoms with Crippen molar-refractivity contribution in [1.82, 2.24) is 5.32 Å². The van der Waals surface area contributed by atoms with Crippen molar-refractivity contribution in [3.8, 4) is 5.75 Å². The van der Waals surface area contributed by atoms with Crippen molar-refractivity contribution in [2.75, 3.05) is 19.8 Å². The molecule has 3 nitrogen and oxygen atoms in total. The summed E-state index contributed by atoms with van der Waals surface area (Å²) in [5.74, 6) is 0.464. The molecule has 0 saturated heterocycles. The van der Waals surface area contributed by atoms with Gasteiger partial charge in [-0.2, -0.15) is 0 Å². The zero-order chi connectivity index (χ0) is 14.3. The average molecular weight is 269 g/mol. The molecule has 0 aliphatic carbocycles. The second kappa shape index (κ2) is 7.46. The molecule has 0 aliphatic rings. The molecule has 0 radical (unpaired) electrons. The van der Waals surface area contributed by atoms with E-state index in [9.17, 15) is 4.39 Å². The van der Waals surface area contributed by atoms with Gasteiger partial charge >= 0.3 is 0 Å². The highest BCUT2D eigenvalue weighted by Crippen LogP contribution is 2.19. The minimum Gasteiger partial charge on any atom is -0.491 e. The van der Waals surface area contributed by atoms with Gasteiger partial charge < -0.3 is 14.8 Å². The summed E-state index contributed by atoms with van der Waals surface area (Å²) in [6.07, 6.45) is 0. The summed E-state index contributed by atoms with van der Waals surface area (Å²) in [6.45, 7) is 10.4. The van der Waals surface area contributed by atoms with Crippen LogP contribution in [0.15, 0.2) is 18.2 Å². The summed E-state index contributed by atoms with van der Waals surface area (Å²) in [5.41, 5.74) is 0.663. The minimum absolute atomic E-state index is 0.168. The predicted octanol–water partition coefficient (Wildman–Crippen LogP) is 3.13. The van der Waals surface area contributed by atoms with Crippen LogP contribution in [0.4, 0.5) is 4.39 Å². The molecule has 1 aromatic rings. The van der Waals surface area contributed by atoms with Gasteiger partial charge in [-0.25, -0.2) is 4.39 Å². The number of halogens is 1. The van der Waals surface area contributed by atoms with E-state index in [0.29, 0.717) is 25.5 Å². The molecule has 0 saturated carbocycles. The molecule has 19 heavy (non-hydrogen) atoms. The van der Waals surface area contributed by atoms with Crippen LogP contribution >= 0.6 is 0 Å². The molecule has 0 unspecified atom stereocenters. The molecule has 1 aromatic carbocycles. The third-order valence-electron chi connectivity index (χ3n) is 2.46. The Labute approximate surface area is 115 Å². The van der Waals surface area contributed by atoms with Gasteiger partial charge in [0.1, 0.15) is 18.2 Å². The minimum atomic E-state index is -0.244. The summed E-state index contributed by atoms with van der Waals surface area (Å²) in [5, 5.41) is 3.17. The van der Waals surface area contributed by atoms with E-state index in [4.69, 9.17) is 9.47 Å². The smallest absolute Gasteiger partial charge is 0.124 e. The highest BCUT2D eigenvalue weighted by molar-refractivity contribution is 5.33. The Kier molecular flexibility index (Phi) is 6.25. The van der Waals surface area contributed by atoms with Crippen LogP contribution in [0, 0.1) is 5.82 Å². The van der Waals surface area contributed by atoms with Crippen molar-refractivity contribution < 1.29 is 13.9 Å². The van der Waals surface area contributed by atoms with Crippen molar-refractivity contribution in [3.63, 3.8) is 0 Å². The monoisotopic (exact) mass is 269 g/mol. The first kappa shape index (κ1) is 15.9. The lowest BCUT2D eigenvalue weighted by Crippen LogP contribution is -2.22. The molecule has 1 N–H and O–H groups in total. The molecule has 0 spiro atoms. The highest BCUT2D eigenvalue weighted by Gasteiger charge is 2.10. The maximum absolute atomic E-state index is 13.2. The number of ether oxygens (including phenoxy) is 2. The second-order valence-electron chi connectivity index (χ2n) is 5.34. The Hall–Kier alpha value is -1.13. The Morgan fingerprint density at radius 1 is 1.21 bits per heavy atom. The van der Waals surface area contributed by atoms with Crippen LogP contribution < -0.4 is 10.1 Å². The van der Waals surface area contributed by atoms with E-state index < -0.39 is 0 Å². The number of hydrogen-bond acceptors (Lipinski definition) is 3. The van der Waals surface area contributed by atoms with E-state index in [1.165, 1.54) is 12.1 Å². The van der Waals surface area contributed by atoms with E-state index in [0.717, 1.165) is 12.1 Å². The molecule has 4 heteroatoms. The number of benzene rings is 1. The first-order valence-electron chi connectivity index (χ1n) is 6.68. The van der Waals surface area contributed by atoms with Gasteiger partial charge in [-0.15, -0.1) is 0 Å². The Morgan fingerprint density at radius 3 is 2.58 bits per heavy atom. The molecule has 0 aliphatic heterocycles. The summed E-state index contributed by atoms with van der Waals surface area (Å²) < 4.78 is 24.4. The predicted molar refractivity (Wildman–Crippen MR) is 75.0 cm³/mol. The maximum Gasteiger partial charge on any atom is 0.124 e. The zero-order valence-corrected chi connectivity index (χ0v) is 12.3. The van der Waals surface area contributed by atoms with Crippen LogP contribution in [-0.4, -0.2) is 25.4 Å². The first-order valence-corrected chi connectivity index (χ1v) is 6.68. The van der Waals surface area contributed by atoms with Gasteiger partial charge in [-0.1, -0.05) is 6.92 Å². The van der Waals surface area contributed by atoms with Crippen molar-refractivity contribution >= 4 is 0 Å². The second-order valence-corrected chi connectivity index (χ2v) is 5.34. The molecule has 0 heterocycles. The van der Waals surface area contributed by atoms with Crippen LogP contribution in [0.5, 0.6) is 5.75 Å². The van der Waals surface area contributed by atoms with E-state index in [1.54, 1.807) is 6.07 Å². The highest BCUT2D eigenvalue weighted by atomic mass is 19.1. The van der Waals surface area contributed by atoms with Gasteiger partial charge in [-0.3, -0.25) is 0 Å². The molecule has 0 fully saturated rings. The lowest BCUT2D eigenvalue weighted by molar-refractivity contribution is -0.0164. The van der Waals surface area contributed by atoms with E-state index in [-0.39, 0.29) is 11.4 Å². The van der Waals surface area contributed by atoms with Crippen LogP contribution in [0.2, 0.25) is 0 Å². The lowest BCUT2D eigenvalue weighted by atomic mass is 10.2. The van der Waals surface area contributed by atoms with Crippen LogP contribution in [0.1, 0.15) is 33.3 Å². The van der Waals surface area contributed by atoms with Gasteiger partial charge in [0, 0.05) is 12.1 Å². The standard InChI is InChI=1S/C15H24FNO2/c1-5-17-11-12-10-13(16)6-7-14(12)18-8-9-19-15(2,3)4/h6-7,10,17H,5,8-9,11H2,1-4H3. The molecular weight excluding hydrogens is 245 g/mol. The lowest BCUT2D eigenvalue weighted by Gasteiger charge is -2.20. The maximum atomic E-state index is 13.2. The van der Waals surface area contributed by atoms with Gasteiger partial charge in [0.25, 0.3) is 0 Å². The Bertz CT molecular complexity index is 388. The van der Waals surface area contributed by atoms with Crippen molar-refractivity contribution in [2.45, 2.75) is 39.8 Å². The van der Waals surface area contributed by atoms with Gasteiger partial charge in [-0.05, 0) is 45.5 Å². The molecule has 0 bridgehead atoms. The number of nitrogens with one attached hydrogen (secondary N) is 1. The summed E-state index contributed by atoms with van der Waals surface area (Å²) in [7, 11) is 0. The molecular formula is C15H24FNO2. The third-order valence-corrected chi connectivity index (χ3v) is 2.46. The summed E-state index contributed by atoms with van der Waals surface area (Å²) in [6, 6.07) is 4.58. The average Bonchev–Trinajstić information content (AvgIpc) is 2.32. The fourth-order valence-corrected chi connectivity index (χ4v) is 1.59. The Morgan fingerprint density at radius 2 is 1.95 bits per heavy atom. The van der Waals surface area contributed by atoms with E-state index in [1.807, 2.05) is 27.7 Å². The largest absolute Gasteiger partial charge is 0.491 e. The topological polar surface area (TPSA) is 30.5 Å². The molecule has 0 atom stereocenters. The van der Waals surface area contributed by atoms with Crippen molar-refractivity contribution in [3.05, 3.63) is 29.6 Å². The molecule has 108 valence electrons. The van der Waals surface area contributed by atoms with Crippen LogP contribution in [0.25, 0.3) is 0 Å². The van der Waals surface area contributed by atoms with Gasteiger partial charge in [0.05, 0.1) is 12.2 Å². The zero-order valence-electron chi connectivity index (χ0n) is 12.3. The van der Waals surface area contributed by atoms with Gasteiger partial charge in [0.15, 0.2) is 0 Å². The fourth-order valence-electron chi connectivity index (χ4n) is 1.59. The number of rotatable bonds is 7. The molecule has 1 rings (SSSR count). The van der Waals surface area contributed by atoms with E-state index >= 15 is 0 Å². The first-order chi connectivity index (χ1) is 8.92. The van der Waals surface area contributed by atoms with E-state index in [2.05, 4.69) is 5.32 Å². The van der Waals surface area contributed by atoms with Crippen molar-refractivity contribution in [2.24, 2.45) is 0 Å². The SMILES string of the molecule is CCNCc1cc(F)ccc1OCCOC(C)(C)C. The molecule has 0 aromatic heterocycles. The van der Waals surface area contributed by atoms with Crippen LogP contribution in [0.3, 0.4) is 0 Å². The number of hydrogen-bond donors (Lipinski definition) is 1. The van der Waals surface area contributed by atoms with Crippen LogP contribution in [-0.2, 0) is 11.3 Å². The summed E-state index contributed by atoms with van der Waals surface area (Å²) >= 11 is 0. The quantitative estimate of drug-likeness (QED) is 0.771. The third kappa shape index (κ3) is 6.55. The fraction of sp³-hybridized carbons (Fsp3) is 0.600. The normalized spacial score (nSPS) is 11.6. The van der Waals surface area contributed by atoms with Crippen molar-refractivity contribution in [1.29, 1.82) is 0 Å². The Balaban J connectivity index is 2.52. The van der Waals surface area contributed by atoms with Gasteiger partial charge in [0.2, 0.25) is 0 Å².